The Morgan fingerprint density at radius 3 is 2.73 bits per heavy atom. The summed E-state index contributed by atoms with van der Waals surface area (Å²) in [5.41, 5.74) is 1.81. The van der Waals surface area contributed by atoms with Crippen molar-refractivity contribution in [3.05, 3.63) is 83.3 Å². The first-order valence-corrected chi connectivity index (χ1v) is 11.7. The minimum Gasteiger partial charge on any atom is -0.507 e. The molecule has 0 bridgehead atoms. The van der Waals surface area contributed by atoms with E-state index in [0.29, 0.717) is 23.5 Å². The zero-order chi connectivity index (χ0) is 26.6. The number of benzene rings is 2. The number of nitrogens with one attached hydrogen (secondary N) is 1. The van der Waals surface area contributed by atoms with E-state index in [2.05, 4.69) is 15.4 Å². The summed E-state index contributed by atoms with van der Waals surface area (Å²) < 4.78 is 31.8. The maximum atomic E-state index is 12.4. The van der Waals surface area contributed by atoms with Gasteiger partial charge in [-0.2, -0.15) is 5.10 Å². The molecule has 10 heteroatoms. The highest BCUT2D eigenvalue weighted by Crippen LogP contribution is 2.23. The lowest BCUT2D eigenvalue weighted by molar-refractivity contribution is 0.0547. The normalized spacial score (nSPS) is 13.0. The van der Waals surface area contributed by atoms with Crippen molar-refractivity contribution in [1.29, 1.82) is 0 Å². The number of rotatable bonds is 10. The predicted molar refractivity (Wildman–Crippen MR) is 134 cm³/mol. The number of fused-ring (bicyclic) bond motifs is 1. The fourth-order valence-corrected chi connectivity index (χ4v) is 4.04. The zero-order valence-corrected chi connectivity index (χ0v) is 20.5. The van der Waals surface area contributed by atoms with Gasteiger partial charge in [-0.1, -0.05) is 24.3 Å². The topological polar surface area (TPSA) is 110 Å². The van der Waals surface area contributed by atoms with E-state index in [9.17, 15) is 23.8 Å². The second-order valence-corrected chi connectivity index (χ2v) is 9.19. The van der Waals surface area contributed by atoms with Crippen molar-refractivity contribution in [2.75, 3.05) is 13.2 Å². The number of aromatic hydroxyl groups is 1. The van der Waals surface area contributed by atoms with Crippen LogP contribution >= 0.6 is 0 Å². The van der Waals surface area contributed by atoms with Gasteiger partial charge in [-0.15, -0.1) is 0 Å². The monoisotopic (exact) mass is 510 g/mol. The van der Waals surface area contributed by atoms with Crippen molar-refractivity contribution in [2.45, 2.75) is 38.8 Å². The van der Waals surface area contributed by atoms with Gasteiger partial charge in [0.15, 0.2) is 0 Å². The van der Waals surface area contributed by atoms with Crippen molar-refractivity contribution in [2.24, 2.45) is 0 Å². The summed E-state index contributed by atoms with van der Waals surface area (Å²) in [4.78, 5) is 16.8. The number of alkyl halides is 2. The van der Waals surface area contributed by atoms with Crippen LogP contribution in [0.2, 0.25) is 0 Å². The van der Waals surface area contributed by atoms with Crippen molar-refractivity contribution < 1.29 is 28.5 Å². The van der Waals surface area contributed by atoms with E-state index >= 15 is 0 Å². The quantitative estimate of drug-likeness (QED) is 0.299. The van der Waals surface area contributed by atoms with E-state index in [-0.39, 0.29) is 24.3 Å². The molecule has 0 fully saturated rings. The molecule has 4 rings (SSSR count). The van der Waals surface area contributed by atoms with E-state index in [1.165, 1.54) is 12.1 Å². The number of aryl methyl sites for hydroxylation is 1. The van der Waals surface area contributed by atoms with E-state index in [0.717, 1.165) is 16.5 Å². The maximum Gasteiger partial charge on any atom is 0.272 e. The summed E-state index contributed by atoms with van der Waals surface area (Å²) >= 11 is 0. The lowest BCUT2D eigenvalue weighted by Crippen LogP contribution is -2.42. The molecule has 0 aliphatic rings. The number of nitrogens with zero attached hydrogens (tertiary/aromatic N) is 3. The van der Waals surface area contributed by atoms with Gasteiger partial charge in [0.2, 0.25) is 0 Å². The SMILES string of the molecule is Cc1cc(Cn2cc3c(CC(C)(O)CNC(=O)c4ccccc4O)nccc3n2)ccc1OCC(F)F. The van der Waals surface area contributed by atoms with E-state index in [1.54, 1.807) is 55.1 Å². The Labute approximate surface area is 212 Å². The highest BCUT2D eigenvalue weighted by molar-refractivity contribution is 5.96. The lowest BCUT2D eigenvalue weighted by Gasteiger charge is -2.23. The van der Waals surface area contributed by atoms with Crippen molar-refractivity contribution in [3.63, 3.8) is 0 Å². The van der Waals surface area contributed by atoms with Gasteiger partial charge in [0.1, 0.15) is 18.1 Å². The first-order chi connectivity index (χ1) is 17.6. The molecule has 0 radical (unpaired) electrons. The van der Waals surface area contributed by atoms with Crippen LogP contribution in [-0.2, 0) is 13.0 Å². The molecule has 0 aliphatic heterocycles. The molecule has 1 unspecified atom stereocenters. The number of phenols is 1. The van der Waals surface area contributed by atoms with Crippen LogP contribution in [0, 0.1) is 6.92 Å². The zero-order valence-electron chi connectivity index (χ0n) is 20.5. The smallest absolute Gasteiger partial charge is 0.272 e. The van der Waals surface area contributed by atoms with Crippen LogP contribution in [0.4, 0.5) is 8.78 Å². The highest BCUT2D eigenvalue weighted by atomic mass is 19.3. The van der Waals surface area contributed by atoms with E-state index in [4.69, 9.17) is 4.74 Å². The highest BCUT2D eigenvalue weighted by Gasteiger charge is 2.25. The number of aromatic nitrogens is 3. The molecule has 0 spiro atoms. The van der Waals surface area contributed by atoms with Gasteiger partial charge in [0.25, 0.3) is 12.3 Å². The number of hydrogen-bond acceptors (Lipinski definition) is 6. The van der Waals surface area contributed by atoms with Crippen LogP contribution in [0.5, 0.6) is 11.5 Å². The molecule has 3 N–H and O–H groups in total. The number of amides is 1. The molecule has 0 aliphatic carbocycles. The number of ether oxygens (including phenoxy) is 1. The Bertz CT molecular complexity index is 1400. The maximum absolute atomic E-state index is 12.4. The van der Waals surface area contributed by atoms with Crippen LogP contribution in [0.3, 0.4) is 0 Å². The summed E-state index contributed by atoms with van der Waals surface area (Å²) in [6, 6.07) is 13.3. The molecule has 8 nitrogen and oxygen atoms in total. The average molecular weight is 511 g/mol. The Hall–Kier alpha value is -4.05. The van der Waals surface area contributed by atoms with Gasteiger partial charge in [-0.25, -0.2) is 8.78 Å². The average Bonchev–Trinajstić information content (AvgIpc) is 3.25. The molecular formula is C27H28F2N4O4. The lowest BCUT2D eigenvalue weighted by atomic mass is 9.98. The second-order valence-electron chi connectivity index (χ2n) is 9.19. The Kier molecular flexibility index (Phi) is 7.68. The van der Waals surface area contributed by atoms with Crippen LogP contribution in [-0.4, -0.2) is 56.1 Å². The Balaban J connectivity index is 1.45. The Morgan fingerprint density at radius 1 is 1.22 bits per heavy atom. The number of carbonyl (C=O) groups is 1. The largest absolute Gasteiger partial charge is 0.507 e. The van der Waals surface area contributed by atoms with Gasteiger partial charge < -0.3 is 20.3 Å². The van der Waals surface area contributed by atoms with Crippen molar-refractivity contribution in [1.82, 2.24) is 20.1 Å². The molecular weight excluding hydrogens is 482 g/mol. The fourth-order valence-electron chi connectivity index (χ4n) is 4.04. The van der Waals surface area contributed by atoms with Gasteiger partial charge in [-0.3, -0.25) is 14.5 Å². The number of phenolic OH excluding ortho intramolecular Hbond substituents is 1. The molecule has 1 amide bonds. The van der Waals surface area contributed by atoms with Gasteiger partial charge in [-0.05, 0) is 49.2 Å². The molecule has 0 saturated heterocycles. The third kappa shape index (κ3) is 6.59. The summed E-state index contributed by atoms with van der Waals surface area (Å²) in [5.74, 6) is -0.208. The first kappa shape index (κ1) is 26.0. The summed E-state index contributed by atoms with van der Waals surface area (Å²) in [5, 5.41) is 28.9. The molecule has 37 heavy (non-hydrogen) atoms. The predicted octanol–water partition coefficient (Wildman–Crippen LogP) is 3.86. The number of hydrogen-bond donors (Lipinski definition) is 3. The minimum atomic E-state index is -2.53. The van der Waals surface area contributed by atoms with Crippen molar-refractivity contribution in [3.8, 4) is 11.5 Å². The number of halogens is 2. The standard InChI is InChI=1S/C27H28F2N4O4/c1-17-11-18(7-8-24(17)37-15-25(28)29)13-33-14-20-21(32-33)9-10-30-22(20)12-27(2,36)16-31-26(35)19-5-3-4-6-23(19)34/h3-11,14,25,34,36H,12-13,15-16H2,1-2H3,(H,31,35). The van der Waals surface area contributed by atoms with Gasteiger partial charge in [0, 0.05) is 30.7 Å². The summed E-state index contributed by atoms with van der Waals surface area (Å²) in [6.45, 7) is 3.14. The third-order valence-corrected chi connectivity index (χ3v) is 5.84. The molecule has 2 heterocycles. The van der Waals surface area contributed by atoms with Gasteiger partial charge in [0.05, 0.1) is 28.9 Å². The van der Waals surface area contributed by atoms with Gasteiger partial charge >= 0.3 is 0 Å². The van der Waals surface area contributed by atoms with E-state index in [1.807, 2.05) is 12.3 Å². The number of para-hydroxylation sites is 1. The molecule has 0 saturated carbocycles. The van der Waals surface area contributed by atoms with Crippen LogP contribution < -0.4 is 10.1 Å². The molecule has 4 aromatic rings. The first-order valence-electron chi connectivity index (χ1n) is 11.7. The second kappa shape index (κ2) is 10.9. The minimum absolute atomic E-state index is 0.0500. The molecule has 2 aromatic carbocycles. The number of aliphatic hydroxyl groups is 1. The summed E-state index contributed by atoms with van der Waals surface area (Å²) in [7, 11) is 0. The molecule has 2 aromatic heterocycles. The van der Waals surface area contributed by atoms with Crippen LogP contribution in [0.1, 0.15) is 34.1 Å². The van der Waals surface area contributed by atoms with E-state index < -0.39 is 24.5 Å². The fraction of sp³-hybridized carbons (Fsp3) is 0.296. The van der Waals surface area contributed by atoms with Crippen molar-refractivity contribution >= 4 is 16.8 Å². The summed E-state index contributed by atoms with van der Waals surface area (Å²) in [6.07, 6.45) is 1.08. The van der Waals surface area contributed by atoms with Crippen LogP contribution in [0.15, 0.2) is 60.9 Å². The third-order valence-electron chi connectivity index (χ3n) is 5.84. The van der Waals surface area contributed by atoms with Crippen LogP contribution in [0.25, 0.3) is 10.9 Å². The number of pyridine rings is 1. The molecule has 1 atom stereocenters. The number of carbonyl (C=O) groups excluding carboxylic acids is 1. The molecule has 194 valence electrons. The Morgan fingerprint density at radius 2 is 2.00 bits per heavy atom.